The molecule has 94 valence electrons. The van der Waals surface area contributed by atoms with E-state index < -0.39 is 12.2 Å². The standard InChI is InChI=1S/C11H12Cl2O3S/c1-6(14)17-5-10(15)11(16)8-3-2-7(12)4-9(8)13/h2-4,10-11,15-16H,5H2,1H3. The Balaban J connectivity index is 2.74. The van der Waals surface area contributed by atoms with Gasteiger partial charge in [-0.15, -0.1) is 0 Å². The van der Waals surface area contributed by atoms with E-state index in [0.29, 0.717) is 10.6 Å². The molecule has 0 aliphatic heterocycles. The second kappa shape index (κ2) is 6.61. The first-order valence-electron chi connectivity index (χ1n) is 4.86. The van der Waals surface area contributed by atoms with Crippen LogP contribution < -0.4 is 0 Å². The zero-order valence-corrected chi connectivity index (χ0v) is 11.4. The van der Waals surface area contributed by atoms with Crippen molar-refractivity contribution < 1.29 is 15.0 Å². The summed E-state index contributed by atoms with van der Waals surface area (Å²) in [5, 5.41) is 20.2. The molecule has 0 bridgehead atoms. The highest BCUT2D eigenvalue weighted by Crippen LogP contribution is 2.29. The lowest BCUT2D eigenvalue weighted by molar-refractivity contribution is -0.109. The highest BCUT2D eigenvalue weighted by atomic mass is 35.5. The average Bonchev–Trinajstić information content (AvgIpc) is 2.25. The maximum atomic E-state index is 10.7. The molecule has 0 aromatic heterocycles. The SMILES string of the molecule is CC(=O)SCC(O)C(O)c1ccc(Cl)cc1Cl. The number of aliphatic hydroxyl groups is 2. The molecule has 17 heavy (non-hydrogen) atoms. The minimum atomic E-state index is -1.13. The van der Waals surface area contributed by atoms with Crippen molar-refractivity contribution in [2.24, 2.45) is 0 Å². The lowest BCUT2D eigenvalue weighted by Gasteiger charge is -2.18. The van der Waals surface area contributed by atoms with Gasteiger partial charge in [-0.2, -0.15) is 0 Å². The Hall–Kier alpha value is -0.260. The fourth-order valence-corrected chi connectivity index (χ4v) is 2.35. The van der Waals surface area contributed by atoms with E-state index in [-0.39, 0.29) is 15.9 Å². The molecule has 0 radical (unpaired) electrons. The van der Waals surface area contributed by atoms with E-state index in [1.54, 1.807) is 12.1 Å². The Labute approximate surface area is 114 Å². The van der Waals surface area contributed by atoms with Gasteiger partial charge in [0, 0.05) is 28.3 Å². The Bertz CT molecular complexity index is 412. The third kappa shape index (κ3) is 4.48. The van der Waals surface area contributed by atoms with Gasteiger partial charge in [-0.05, 0) is 12.1 Å². The van der Waals surface area contributed by atoms with E-state index >= 15 is 0 Å². The van der Waals surface area contributed by atoms with Crippen LogP contribution in [0.4, 0.5) is 0 Å². The smallest absolute Gasteiger partial charge is 0.185 e. The summed E-state index contributed by atoms with van der Waals surface area (Å²) in [5.74, 6) is 0.120. The molecule has 1 aromatic rings. The minimum Gasteiger partial charge on any atom is -0.389 e. The van der Waals surface area contributed by atoms with Crippen molar-refractivity contribution in [3.05, 3.63) is 33.8 Å². The largest absolute Gasteiger partial charge is 0.389 e. The molecule has 0 saturated carbocycles. The minimum absolute atomic E-state index is 0.113. The number of carbonyl (C=O) groups is 1. The number of halogens is 2. The Kier molecular flexibility index (Phi) is 5.76. The van der Waals surface area contributed by atoms with Gasteiger partial charge in [0.2, 0.25) is 0 Å². The molecule has 1 rings (SSSR count). The molecule has 2 unspecified atom stereocenters. The van der Waals surface area contributed by atoms with Crippen LogP contribution in [0.15, 0.2) is 18.2 Å². The Morgan fingerprint density at radius 3 is 2.59 bits per heavy atom. The quantitative estimate of drug-likeness (QED) is 0.896. The maximum Gasteiger partial charge on any atom is 0.185 e. The summed E-state index contributed by atoms with van der Waals surface area (Å²) in [6.07, 6.45) is -2.19. The number of carbonyl (C=O) groups excluding carboxylic acids is 1. The van der Waals surface area contributed by atoms with Crippen LogP contribution in [0, 0.1) is 0 Å². The number of benzene rings is 1. The topological polar surface area (TPSA) is 57.5 Å². The van der Waals surface area contributed by atoms with Crippen molar-refractivity contribution in [2.75, 3.05) is 5.75 Å². The summed E-state index contributed by atoms with van der Waals surface area (Å²) in [6.45, 7) is 1.40. The summed E-state index contributed by atoms with van der Waals surface area (Å²) in [4.78, 5) is 10.7. The van der Waals surface area contributed by atoms with Crippen molar-refractivity contribution in [3.8, 4) is 0 Å². The Morgan fingerprint density at radius 1 is 1.41 bits per heavy atom. The molecule has 6 heteroatoms. The molecular weight excluding hydrogens is 283 g/mol. The van der Waals surface area contributed by atoms with Crippen molar-refractivity contribution in [1.82, 2.24) is 0 Å². The van der Waals surface area contributed by atoms with E-state index in [9.17, 15) is 15.0 Å². The molecule has 0 fully saturated rings. The highest BCUT2D eigenvalue weighted by molar-refractivity contribution is 8.13. The molecule has 2 N–H and O–H groups in total. The lowest BCUT2D eigenvalue weighted by atomic mass is 10.1. The molecule has 3 nitrogen and oxygen atoms in total. The summed E-state index contributed by atoms with van der Waals surface area (Å²) in [7, 11) is 0. The van der Waals surface area contributed by atoms with E-state index in [0.717, 1.165) is 11.8 Å². The molecule has 0 amide bonds. The number of aliphatic hydroxyl groups excluding tert-OH is 2. The van der Waals surface area contributed by atoms with Gasteiger partial charge in [0.05, 0.1) is 6.10 Å². The van der Waals surface area contributed by atoms with Crippen LogP contribution in [-0.4, -0.2) is 27.2 Å². The van der Waals surface area contributed by atoms with E-state index in [4.69, 9.17) is 23.2 Å². The predicted molar refractivity (Wildman–Crippen MR) is 70.6 cm³/mol. The first kappa shape index (κ1) is 14.8. The average molecular weight is 295 g/mol. The first-order chi connectivity index (χ1) is 7.91. The summed E-state index contributed by atoms with van der Waals surface area (Å²) in [6, 6.07) is 4.63. The summed E-state index contributed by atoms with van der Waals surface area (Å²) < 4.78 is 0. The second-order valence-electron chi connectivity index (χ2n) is 3.48. The molecule has 0 saturated heterocycles. The maximum absolute atomic E-state index is 10.7. The van der Waals surface area contributed by atoms with Crippen molar-refractivity contribution in [1.29, 1.82) is 0 Å². The van der Waals surface area contributed by atoms with Gasteiger partial charge in [-0.1, -0.05) is 41.0 Å². The molecule has 2 atom stereocenters. The number of hydrogen-bond donors (Lipinski definition) is 2. The molecule has 0 heterocycles. The molecule has 0 spiro atoms. The van der Waals surface area contributed by atoms with Gasteiger partial charge in [0.1, 0.15) is 6.10 Å². The van der Waals surface area contributed by atoms with Gasteiger partial charge in [0.25, 0.3) is 0 Å². The fraction of sp³-hybridized carbons (Fsp3) is 0.364. The van der Waals surface area contributed by atoms with Gasteiger partial charge in [-0.3, -0.25) is 4.79 Å². The zero-order chi connectivity index (χ0) is 13.0. The third-order valence-electron chi connectivity index (χ3n) is 2.10. The van der Waals surface area contributed by atoms with Gasteiger partial charge in [0.15, 0.2) is 5.12 Å². The molecule has 1 aromatic carbocycles. The zero-order valence-electron chi connectivity index (χ0n) is 9.06. The summed E-state index contributed by atoms with van der Waals surface area (Å²) >= 11 is 12.6. The van der Waals surface area contributed by atoms with Crippen LogP contribution >= 0.6 is 35.0 Å². The number of thioether (sulfide) groups is 1. The third-order valence-corrected chi connectivity index (χ3v) is 3.58. The molecule has 0 aliphatic rings. The van der Waals surface area contributed by atoms with Crippen LogP contribution in [0.25, 0.3) is 0 Å². The van der Waals surface area contributed by atoms with Crippen LogP contribution in [0.2, 0.25) is 10.0 Å². The number of rotatable bonds is 4. The molecular formula is C11H12Cl2O3S. The van der Waals surface area contributed by atoms with Gasteiger partial charge in [-0.25, -0.2) is 0 Å². The van der Waals surface area contributed by atoms with Crippen LogP contribution in [0.3, 0.4) is 0 Å². The lowest BCUT2D eigenvalue weighted by Crippen LogP contribution is -2.21. The van der Waals surface area contributed by atoms with Crippen molar-refractivity contribution in [2.45, 2.75) is 19.1 Å². The van der Waals surface area contributed by atoms with E-state index in [2.05, 4.69) is 0 Å². The fourth-order valence-electron chi connectivity index (χ4n) is 1.24. The second-order valence-corrected chi connectivity index (χ2v) is 5.52. The van der Waals surface area contributed by atoms with Crippen molar-refractivity contribution in [3.63, 3.8) is 0 Å². The van der Waals surface area contributed by atoms with Crippen LogP contribution in [0.1, 0.15) is 18.6 Å². The highest BCUT2D eigenvalue weighted by Gasteiger charge is 2.21. The van der Waals surface area contributed by atoms with E-state index in [1.165, 1.54) is 13.0 Å². The van der Waals surface area contributed by atoms with Crippen LogP contribution in [-0.2, 0) is 4.79 Å². The summed E-state index contributed by atoms with van der Waals surface area (Å²) in [5.41, 5.74) is 0.396. The first-order valence-corrected chi connectivity index (χ1v) is 6.60. The van der Waals surface area contributed by atoms with Gasteiger partial charge >= 0.3 is 0 Å². The van der Waals surface area contributed by atoms with Crippen LogP contribution in [0.5, 0.6) is 0 Å². The van der Waals surface area contributed by atoms with Gasteiger partial charge < -0.3 is 10.2 Å². The van der Waals surface area contributed by atoms with E-state index in [1.807, 2.05) is 0 Å². The Morgan fingerprint density at radius 2 is 2.06 bits per heavy atom. The predicted octanol–water partition coefficient (Wildman–Crippen LogP) is 2.67. The van der Waals surface area contributed by atoms with Crippen molar-refractivity contribution >= 4 is 40.1 Å². The number of hydrogen-bond acceptors (Lipinski definition) is 4. The monoisotopic (exact) mass is 294 g/mol. The normalized spacial score (nSPS) is 14.4. The molecule has 0 aliphatic carbocycles.